The summed E-state index contributed by atoms with van der Waals surface area (Å²) < 4.78 is 0. The maximum absolute atomic E-state index is 11.0. The Morgan fingerprint density at radius 3 is 2.81 bits per heavy atom. The molecule has 0 saturated carbocycles. The van der Waals surface area contributed by atoms with Crippen LogP contribution in [0.3, 0.4) is 0 Å². The lowest BCUT2D eigenvalue weighted by molar-refractivity contribution is -0.385. The number of halogens is 1. The average Bonchev–Trinajstić information content (AvgIpc) is 2.53. The number of para-hydroxylation sites is 1. The highest BCUT2D eigenvalue weighted by molar-refractivity contribution is 9.08. The van der Waals surface area contributed by atoms with E-state index in [0.29, 0.717) is 10.9 Å². The Labute approximate surface area is 131 Å². The van der Waals surface area contributed by atoms with Crippen molar-refractivity contribution >= 4 is 33.0 Å². The molecule has 0 N–H and O–H groups in total. The van der Waals surface area contributed by atoms with Crippen molar-refractivity contribution in [1.82, 2.24) is 0 Å². The number of nitrogens with zero attached hydrogens (tertiary/aromatic N) is 2. The number of anilines is 2. The van der Waals surface area contributed by atoms with Gasteiger partial charge in [0.2, 0.25) is 0 Å². The third-order valence-corrected chi connectivity index (χ3v) is 4.43. The van der Waals surface area contributed by atoms with Crippen LogP contribution in [-0.4, -0.2) is 11.5 Å². The van der Waals surface area contributed by atoms with Crippen molar-refractivity contribution in [1.29, 1.82) is 0 Å². The molecule has 0 amide bonds. The minimum atomic E-state index is -0.329. The van der Waals surface area contributed by atoms with Crippen LogP contribution in [-0.2, 0) is 11.8 Å². The van der Waals surface area contributed by atoms with Crippen molar-refractivity contribution < 1.29 is 4.92 Å². The fourth-order valence-corrected chi connectivity index (χ4v) is 3.28. The molecule has 3 rings (SSSR count). The Bertz CT molecular complexity index is 688. The first-order valence-corrected chi connectivity index (χ1v) is 8.01. The van der Waals surface area contributed by atoms with E-state index in [4.69, 9.17) is 0 Å². The quantitative estimate of drug-likeness (QED) is 0.464. The smallest absolute Gasteiger partial charge is 0.273 e. The van der Waals surface area contributed by atoms with E-state index in [9.17, 15) is 10.1 Å². The number of benzene rings is 2. The third-order valence-electron chi connectivity index (χ3n) is 3.83. The monoisotopic (exact) mass is 346 g/mol. The summed E-state index contributed by atoms with van der Waals surface area (Å²) in [5, 5.41) is 11.5. The van der Waals surface area contributed by atoms with Gasteiger partial charge in [-0.2, -0.15) is 0 Å². The van der Waals surface area contributed by atoms with Crippen LogP contribution in [0, 0.1) is 10.1 Å². The topological polar surface area (TPSA) is 46.4 Å². The predicted molar refractivity (Wildman–Crippen MR) is 87.5 cm³/mol. The maximum Gasteiger partial charge on any atom is 0.273 e. The molecule has 0 fully saturated rings. The van der Waals surface area contributed by atoms with Crippen molar-refractivity contribution in [3.63, 3.8) is 0 Å². The normalized spacial score (nSPS) is 13.9. The van der Waals surface area contributed by atoms with Gasteiger partial charge in [0, 0.05) is 34.9 Å². The summed E-state index contributed by atoms with van der Waals surface area (Å²) in [7, 11) is 0. The lowest BCUT2D eigenvalue weighted by Gasteiger charge is -2.31. The summed E-state index contributed by atoms with van der Waals surface area (Å²) in [6.45, 7) is 0.941. The van der Waals surface area contributed by atoms with E-state index in [0.717, 1.165) is 25.1 Å². The van der Waals surface area contributed by atoms with Gasteiger partial charge in [0.1, 0.15) is 0 Å². The fourth-order valence-electron chi connectivity index (χ4n) is 2.83. The first kappa shape index (κ1) is 14.1. The minimum absolute atomic E-state index is 0.168. The largest absolute Gasteiger partial charge is 0.341 e. The number of rotatable bonds is 3. The van der Waals surface area contributed by atoms with Crippen LogP contribution in [0.2, 0.25) is 0 Å². The maximum atomic E-state index is 11.0. The summed E-state index contributed by atoms with van der Waals surface area (Å²) in [5.41, 5.74) is 4.43. The van der Waals surface area contributed by atoms with Crippen LogP contribution < -0.4 is 4.90 Å². The van der Waals surface area contributed by atoms with Crippen LogP contribution in [0.1, 0.15) is 17.5 Å². The molecule has 1 aliphatic rings. The second-order valence-corrected chi connectivity index (χ2v) is 5.65. The molecule has 0 spiro atoms. The molecule has 21 heavy (non-hydrogen) atoms. The standard InChI is InChI=1S/C16H15BrN2O2/c17-11-13-10-14(7-8-16(13)19(20)21)18-9-3-5-12-4-1-2-6-15(12)18/h1-2,4,6-8,10H,3,5,9,11H2. The van der Waals surface area contributed by atoms with E-state index in [1.54, 1.807) is 6.07 Å². The Kier molecular flexibility index (Phi) is 3.92. The van der Waals surface area contributed by atoms with Gasteiger partial charge in [-0.3, -0.25) is 10.1 Å². The SMILES string of the molecule is O=[N+]([O-])c1ccc(N2CCCc3ccccc32)cc1CBr. The predicted octanol–water partition coefficient (Wildman–Crippen LogP) is 4.57. The number of aryl methyl sites for hydroxylation is 1. The molecule has 5 heteroatoms. The molecule has 0 aliphatic carbocycles. The Hall–Kier alpha value is -1.88. The van der Waals surface area contributed by atoms with Gasteiger partial charge in [0.05, 0.1) is 4.92 Å². The lowest BCUT2D eigenvalue weighted by Crippen LogP contribution is -2.24. The summed E-state index contributed by atoms with van der Waals surface area (Å²) in [5.74, 6) is 0. The molecule has 2 aromatic rings. The number of nitro groups is 1. The van der Waals surface area contributed by atoms with Crippen molar-refractivity contribution in [3.8, 4) is 0 Å². The van der Waals surface area contributed by atoms with Crippen LogP contribution >= 0.6 is 15.9 Å². The molecule has 4 nitrogen and oxygen atoms in total. The van der Waals surface area contributed by atoms with Crippen LogP contribution in [0.5, 0.6) is 0 Å². The number of nitro benzene ring substituents is 1. The lowest BCUT2D eigenvalue weighted by atomic mass is 10.0. The van der Waals surface area contributed by atoms with Crippen molar-refractivity contribution in [2.75, 3.05) is 11.4 Å². The molecule has 0 aromatic heterocycles. The van der Waals surface area contributed by atoms with Crippen LogP contribution in [0.4, 0.5) is 17.1 Å². The van der Waals surface area contributed by atoms with E-state index in [2.05, 4.69) is 39.0 Å². The fraction of sp³-hybridized carbons (Fsp3) is 0.250. The Morgan fingerprint density at radius 2 is 2.05 bits per heavy atom. The van der Waals surface area contributed by atoms with E-state index in [1.165, 1.54) is 11.3 Å². The molecular weight excluding hydrogens is 332 g/mol. The first-order valence-electron chi connectivity index (χ1n) is 6.89. The van der Waals surface area contributed by atoms with Crippen LogP contribution in [0.15, 0.2) is 42.5 Å². The van der Waals surface area contributed by atoms with Gasteiger partial charge >= 0.3 is 0 Å². The summed E-state index contributed by atoms with van der Waals surface area (Å²) >= 11 is 3.34. The molecule has 0 saturated heterocycles. The number of alkyl halides is 1. The highest BCUT2D eigenvalue weighted by atomic mass is 79.9. The first-order chi connectivity index (χ1) is 10.2. The summed E-state index contributed by atoms with van der Waals surface area (Å²) in [6.07, 6.45) is 2.18. The van der Waals surface area contributed by atoms with E-state index in [-0.39, 0.29) is 10.6 Å². The number of hydrogen-bond acceptors (Lipinski definition) is 3. The van der Waals surface area contributed by atoms with Gasteiger partial charge in [-0.1, -0.05) is 34.1 Å². The Morgan fingerprint density at radius 1 is 1.24 bits per heavy atom. The molecular formula is C16H15BrN2O2. The molecule has 0 unspecified atom stereocenters. The zero-order chi connectivity index (χ0) is 14.8. The van der Waals surface area contributed by atoms with E-state index < -0.39 is 0 Å². The van der Waals surface area contributed by atoms with Gasteiger partial charge in [0.25, 0.3) is 5.69 Å². The summed E-state index contributed by atoms with van der Waals surface area (Å²) in [4.78, 5) is 13.0. The van der Waals surface area contributed by atoms with E-state index >= 15 is 0 Å². The second kappa shape index (κ2) is 5.85. The molecule has 0 bridgehead atoms. The van der Waals surface area contributed by atoms with Gasteiger partial charge < -0.3 is 4.90 Å². The molecule has 0 atom stereocenters. The summed E-state index contributed by atoms with van der Waals surface area (Å²) in [6, 6.07) is 13.7. The molecule has 2 aromatic carbocycles. The number of fused-ring (bicyclic) bond motifs is 1. The third kappa shape index (κ3) is 2.65. The van der Waals surface area contributed by atoms with Crippen molar-refractivity contribution in [2.45, 2.75) is 18.2 Å². The van der Waals surface area contributed by atoms with Crippen LogP contribution in [0.25, 0.3) is 0 Å². The highest BCUT2D eigenvalue weighted by Crippen LogP contribution is 2.35. The Balaban J connectivity index is 2.04. The van der Waals surface area contributed by atoms with Crippen molar-refractivity contribution in [2.24, 2.45) is 0 Å². The molecule has 0 radical (unpaired) electrons. The second-order valence-electron chi connectivity index (χ2n) is 5.09. The zero-order valence-corrected chi connectivity index (χ0v) is 13.0. The van der Waals surface area contributed by atoms with Gasteiger partial charge in [-0.15, -0.1) is 0 Å². The minimum Gasteiger partial charge on any atom is -0.341 e. The van der Waals surface area contributed by atoms with Gasteiger partial charge in [-0.05, 0) is 36.6 Å². The highest BCUT2D eigenvalue weighted by Gasteiger charge is 2.20. The average molecular weight is 347 g/mol. The zero-order valence-electron chi connectivity index (χ0n) is 11.5. The van der Waals surface area contributed by atoms with E-state index in [1.807, 2.05) is 18.2 Å². The van der Waals surface area contributed by atoms with Crippen molar-refractivity contribution in [3.05, 3.63) is 63.7 Å². The molecule has 1 aliphatic heterocycles. The van der Waals surface area contributed by atoms with Gasteiger partial charge in [-0.25, -0.2) is 0 Å². The number of hydrogen-bond donors (Lipinski definition) is 0. The molecule has 1 heterocycles. The molecule has 108 valence electrons. The van der Waals surface area contributed by atoms with Gasteiger partial charge in [0.15, 0.2) is 0 Å².